The SMILES string of the molecule is COc1ccc(O)c(CN2CCC3(CCC(CNC(=O)c4ccco4)O3)CC2)c1. The van der Waals surface area contributed by atoms with Crippen molar-refractivity contribution in [3.8, 4) is 11.5 Å². The number of aromatic hydroxyl groups is 1. The van der Waals surface area contributed by atoms with Crippen molar-refractivity contribution < 1.29 is 23.8 Å². The van der Waals surface area contributed by atoms with Crippen molar-refractivity contribution >= 4 is 5.91 Å². The number of ether oxygens (including phenoxy) is 2. The van der Waals surface area contributed by atoms with Gasteiger partial charge in [-0.05, 0) is 56.0 Å². The largest absolute Gasteiger partial charge is 0.508 e. The Bertz CT molecular complexity index is 828. The zero-order chi connectivity index (χ0) is 20.3. The molecule has 1 amide bonds. The lowest BCUT2D eigenvalue weighted by atomic mass is 9.88. The standard InChI is InChI=1S/C22H28N2O5/c1-27-17-4-5-19(25)16(13-17)15-24-10-8-22(9-11-24)7-6-18(29-22)14-23-21(26)20-3-2-12-28-20/h2-5,12-13,18,25H,6-11,14-15H2,1H3,(H,23,26). The Kier molecular flexibility index (Phi) is 5.78. The van der Waals surface area contributed by atoms with Gasteiger partial charge in [-0.3, -0.25) is 9.69 Å². The molecule has 3 heterocycles. The molecule has 0 aliphatic carbocycles. The van der Waals surface area contributed by atoms with E-state index in [0.29, 0.717) is 24.6 Å². The van der Waals surface area contributed by atoms with Gasteiger partial charge in [0, 0.05) is 31.7 Å². The van der Waals surface area contributed by atoms with Gasteiger partial charge >= 0.3 is 0 Å². The molecule has 7 heteroatoms. The van der Waals surface area contributed by atoms with E-state index in [-0.39, 0.29) is 17.6 Å². The summed E-state index contributed by atoms with van der Waals surface area (Å²) < 4.78 is 16.8. The third-order valence-electron chi connectivity index (χ3n) is 6.02. The molecule has 29 heavy (non-hydrogen) atoms. The Labute approximate surface area is 170 Å². The number of carbonyl (C=O) groups is 1. The quantitative estimate of drug-likeness (QED) is 0.776. The van der Waals surface area contributed by atoms with Gasteiger partial charge in [0.15, 0.2) is 5.76 Å². The Hall–Kier alpha value is -2.51. The summed E-state index contributed by atoms with van der Waals surface area (Å²) in [5.74, 6) is 1.18. The first-order valence-corrected chi connectivity index (χ1v) is 10.1. The molecule has 2 fully saturated rings. The fraction of sp³-hybridized carbons (Fsp3) is 0.500. The minimum absolute atomic E-state index is 0.0443. The minimum Gasteiger partial charge on any atom is -0.508 e. The Morgan fingerprint density at radius 3 is 2.86 bits per heavy atom. The summed E-state index contributed by atoms with van der Waals surface area (Å²) in [6.45, 7) is 3.04. The lowest BCUT2D eigenvalue weighted by Gasteiger charge is -2.39. The minimum atomic E-state index is -0.201. The number of carbonyl (C=O) groups excluding carboxylic acids is 1. The number of nitrogens with one attached hydrogen (secondary N) is 1. The van der Waals surface area contributed by atoms with Crippen LogP contribution in [-0.2, 0) is 11.3 Å². The predicted octanol–water partition coefficient (Wildman–Crippen LogP) is 2.94. The maximum atomic E-state index is 12.0. The third-order valence-corrected chi connectivity index (χ3v) is 6.02. The second kappa shape index (κ2) is 8.47. The highest BCUT2D eigenvalue weighted by Gasteiger charge is 2.42. The Morgan fingerprint density at radius 2 is 2.14 bits per heavy atom. The van der Waals surface area contributed by atoms with Crippen molar-refractivity contribution in [2.24, 2.45) is 0 Å². The van der Waals surface area contributed by atoms with E-state index in [0.717, 1.165) is 50.1 Å². The molecule has 1 spiro atoms. The van der Waals surface area contributed by atoms with Crippen molar-refractivity contribution in [2.45, 2.75) is 43.9 Å². The molecule has 7 nitrogen and oxygen atoms in total. The van der Waals surface area contributed by atoms with Crippen molar-refractivity contribution in [1.29, 1.82) is 0 Å². The molecule has 1 atom stereocenters. The van der Waals surface area contributed by atoms with Crippen LogP contribution in [0.3, 0.4) is 0 Å². The highest BCUT2D eigenvalue weighted by atomic mass is 16.5. The van der Waals surface area contributed by atoms with E-state index in [2.05, 4.69) is 10.2 Å². The molecule has 156 valence electrons. The fourth-order valence-electron chi connectivity index (χ4n) is 4.28. The molecule has 2 N–H and O–H groups in total. The molecule has 0 bridgehead atoms. The Morgan fingerprint density at radius 1 is 1.31 bits per heavy atom. The zero-order valence-corrected chi connectivity index (χ0v) is 16.7. The topological polar surface area (TPSA) is 84.2 Å². The van der Waals surface area contributed by atoms with E-state index in [1.54, 1.807) is 31.4 Å². The summed E-state index contributed by atoms with van der Waals surface area (Å²) in [5.41, 5.74) is 0.790. The number of likely N-dealkylation sites (tertiary alicyclic amines) is 1. The lowest BCUT2D eigenvalue weighted by Crippen LogP contribution is -2.44. The maximum Gasteiger partial charge on any atom is 0.287 e. The third kappa shape index (κ3) is 4.57. The molecule has 2 aliphatic heterocycles. The van der Waals surface area contributed by atoms with Gasteiger partial charge in [0.05, 0.1) is 25.1 Å². The number of phenolic OH excluding ortho intramolecular Hbond substituents is 1. The molecular weight excluding hydrogens is 372 g/mol. The van der Waals surface area contributed by atoms with E-state index >= 15 is 0 Å². The van der Waals surface area contributed by atoms with E-state index in [9.17, 15) is 9.90 Å². The molecule has 2 saturated heterocycles. The molecular formula is C22H28N2O5. The van der Waals surface area contributed by atoms with Crippen molar-refractivity contribution in [3.63, 3.8) is 0 Å². The summed E-state index contributed by atoms with van der Waals surface area (Å²) in [6, 6.07) is 8.70. The summed E-state index contributed by atoms with van der Waals surface area (Å²) in [5, 5.41) is 13.0. The summed E-state index contributed by atoms with van der Waals surface area (Å²) in [7, 11) is 1.63. The number of amides is 1. The number of hydrogen-bond acceptors (Lipinski definition) is 6. The smallest absolute Gasteiger partial charge is 0.287 e. The summed E-state index contributed by atoms with van der Waals surface area (Å²) >= 11 is 0. The monoisotopic (exact) mass is 400 g/mol. The normalized spacial score (nSPS) is 21.3. The van der Waals surface area contributed by atoms with Gasteiger partial charge in [-0.1, -0.05) is 0 Å². The first-order chi connectivity index (χ1) is 14.1. The average molecular weight is 400 g/mol. The lowest BCUT2D eigenvalue weighted by molar-refractivity contribution is -0.0765. The van der Waals surface area contributed by atoms with Crippen LogP contribution in [0.1, 0.15) is 41.8 Å². The number of piperidine rings is 1. The Balaban J connectivity index is 1.26. The molecule has 0 saturated carbocycles. The molecule has 1 unspecified atom stereocenters. The second-order valence-electron chi connectivity index (χ2n) is 7.92. The molecule has 4 rings (SSSR count). The number of methoxy groups -OCH3 is 1. The van der Waals surface area contributed by atoms with Crippen LogP contribution in [0.15, 0.2) is 41.0 Å². The summed E-state index contributed by atoms with van der Waals surface area (Å²) in [4.78, 5) is 14.4. The number of benzene rings is 1. The van der Waals surface area contributed by atoms with E-state index < -0.39 is 0 Å². The van der Waals surface area contributed by atoms with Gasteiger partial charge in [-0.25, -0.2) is 0 Å². The highest BCUT2D eigenvalue weighted by Crippen LogP contribution is 2.39. The molecule has 2 aliphatic rings. The zero-order valence-electron chi connectivity index (χ0n) is 16.7. The summed E-state index contributed by atoms with van der Waals surface area (Å²) in [6.07, 6.45) is 5.43. The van der Waals surface area contributed by atoms with Gasteiger partial charge in [0.25, 0.3) is 5.91 Å². The maximum absolute atomic E-state index is 12.0. The van der Waals surface area contributed by atoms with Crippen LogP contribution < -0.4 is 10.1 Å². The van der Waals surface area contributed by atoms with Crippen LogP contribution in [0.2, 0.25) is 0 Å². The number of hydrogen-bond donors (Lipinski definition) is 2. The number of phenols is 1. The first-order valence-electron chi connectivity index (χ1n) is 10.1. The van der Waals surface area contributed by atoms with Crippen molar-refractivity contribution in [2.75, 3.05) is 26.7 Å². The van der Waals surface area contributed by atoms with Gasteiger partial charge in [-0.2, -0.15) is 0 Å². The van der Waals surface area contributed by atoms with Crippen LogP contribution in [-0.4, -0.2) is 54.4 Å². The fourth-order valence-corrected chi connectivity index (χ4v) is 4.28. The van der Waals surface area contributed by atoms with Crippen LogP contribution in [0.5, 0.6) is 11.5 Å². The predicted molar refractivity (Wildman–Crippen MR) is 107 cm³/mol. The van der Waals surface area contributed by atoms with E-state index in [1.807, 2.05) is 6.07 Å². The van der Waals surface area contributed by atoms with E-state index in [1.165, 1.54) is 6.26 Å². The molecule has 2 aromatic rings. The van der Waals surface area contributed by atoms with E-state index in [4.69, 9.17) is 13.9 Å². The number of furan rings is 1. The van der Waals surface area contributed by atoms with Gasteiger partial charge in [0.1, 0.15) is 11.5 Å². The number of rotatable bonds is 6. The number of nitrogens with zero attached hydrogens (tertiary/aromatic N) is 1. The van der Waals surface area contributed by atoms with Crippen LogP contribution in [0.4, 0.5) is 0 Å². The van der Waals surface area contributed by atoms with Crippen LogP contribution in [0, 0.1) is 0 Å². The van der Waals surface area contributed by atoms with Crippen molar-refractivity contribution in [1.82, 2.24) is 10.2 Å². The molecule has 0 radical (unpaired) electrons. The van der Waals surface area contributed by atoms with Gasteiger partial charge < -0.3 is 24.3 Å². The first kappa shape index (κ1) is 19.8. The van der Waals surface area contributed by atoms with Gasteiger partial charge in [0.2, 0.25) is 0 Å². The molecule has 1 aromatic carbocycles. The highest BCUT2D eigenvalue weighted by molar-refractivity contribution is 5.91. The van der Waals surface area contributed by atoms with Crippen LogP contribution in [0.25, 0.3) is 0 Å². The molecule has 1 aromatic heterocycles. The van der Waals surface area contributed by atoms with Gasteiger partial charge in [-0.15, -0.1) is 0 Å². The van der Waals surface area contributed by atoms with Crippen molar-refractivity contribution in [3.05, 3.63) is 47.9 Å². The van der Waals surface area contributed by atoms with Crippen LogP contribution >= 0.6 is 0 Å². The second-order valence-corrected chi connectivity index (χ2v) is 7.92. The average Bonchev–Trinajstić information content (AvgIpc) is 3.41.